The van der Waals surface area contributed by atoms with E-state index in [0.29, 0.717) is 25.1 Å². The van der Waals surface area contributed by atoms with Gasteiger partial charge in [-0.2, -0.15) is 0 Å². The van der Waals surface area contributed by atoms with E-state index >= 15 is 0 Å². The summed E-state index contributed by atoms with van der Waals surface area (Å²) in [5.41, 5.74) is 5.35. The van der Waals surface area contributed by atoms with Crippen LogP contribution in [0.1, 0.15) is 29.0 Å². The van der Waals surface area contributed by atoms with Gasteiger partial charge in [0.15, 0.2) is 5.43 Å². The summed E-state index contributed by atoms with van der Waals surface area (Å²) in [5, 5.41) is 2.76. The number of hydrogen-bond acceptors (Lipinski definition) is 3. The van der Waals surface area contributed by atoms with E-state index in [2.05, 4.69) is 34.6 Å². The highest BCUT2D eigenvalue weighted by molar-refractivity contribution is 5.79. The molecule has 0 aliphatic heterocycles. The Balaban J connectivity index is 1.29. The number of carbonyl (C=O) groups is 1. The Labute approximate surface area is 169 Å². The molecule has 0 bridgehead atoms. The molecule has 1 heterocycles. The van der Waals surface area contributed by atoms with Crippen LogP contribution in [0.25, 0.3) is 17.2 Å². The van der Waals surface area contributed by atoms with Gasteiger partial charge in [-0.15, -0.1) is 0 Å². The molecule has 4 rings (SSSR count). The Kier molecular flexibility index (Phi) is 5.56. The highest BCUT2D eigenvalue weighted by Crippen LogP contribution is 2.44. The normalized spacial score (nSPS) is 12.6. The predicted octanol–water partition coefficient (Wildman–Crippen LogP) is 4.32. The molecule has 2 aromatic carbocycles. The maximum Gasteiger partial charge on any atom is 0.407 e. The average molecular weight is 386 g/mol. The third-order valence-electron chi connectivity index (χ3n) is 5.08. The second-order valence-electron chi connectivity index (χ2n) is 6.91. The quantitative estimate of drug-likeness (QED) is 0.620. The van der Waals surface area contributed by atoms with Crippen molar-refractivity contribution in [1.82, 2.24) is 10.3 Å². The second-order valence-corrected chi connectivity index (χ2v) is 6.91. The van der Waals surface area contributed by atoms with E-state index in [1.165, 1.54) is 28.3 Å². The van der Waals surface area contributed by atoms with E-state index in [1.807, 2.05) is 30.3 Å². The summed E-state index contributed by atoms with van der Waals surface area (Å²) >= 11 is 0. The number of ether oxygens (including phenoxy) is 1. The summed E-state index contributed by atoms with van der Waals surface area (Å²) < 4.78 is 5.49. The van der Waals surface area contributed by atoms with E-state index in [9.17, 15) is 9.59 Å². The van der Waals surface area contributed by atoms with E-state index in [4.69, 9.17) is 4.74 Å². The first kappa shape index (κ1) is 18.7. The zero-order valence-electron chi connectivity index (χ0n) is 15.9. The summed E-state index contributed by atoms with van der Waals surface area (Å²) in [6.45, 7) is 0.743. The number of amides is 1. The van der Waals surface area contributed by atoms with Gasteiger partial charge in [-0.25, -0.2) is 4.79 Å². The van der Waals surface area contributed by atoms with Crippen molar-refractivity contribution in [1.29, 1.82) is 0 Å². The first-order chi connectivity index (χ1) is 14.2. The number of benzene rings is 2. The Morgan fingerprint density at radius 2 is 1.72 bits per heavy atom. The minimum Gasteiger partial charge on any atom is -0.449 e. The maximum atomic E-state index is 12.1. The molecule has 2 N–H and O–H groups in total. The number of aromatic nitrogens is 1. The third-order valence-corrected chi connectivity index (χ3v) is 5.08. The lowest BCUT2D eigenvalue weighted by atomic mass is 9.98. The van der Waals surface area contributed by atoms with Gasteiger partial charge in [-0.05, 0) is 28.7 Å². The molecule has 1 aromatic heterocycles. The lowest BCUT2D eigenvalue weighted by molar-refractivity contribution is 0.143. The molecule has 0 saturated carbocycles. The van der Waals surface area contributed by atoms with Gasteiger partial charge in [0.1, 0.15) is 6.61 Å². The van der Waals surface area contributed by atoms with Gasteiger partial charge < -0.3 is 15.0 Å². The van der Waals surface area contributed by atoms with Gasteiger partial charge >= 0.3 is 6.09 Å². The van der Waals surface area contributed by atoms with E-state index in [0.717, 1.165) is 0 Å². The standard InChI is InChI=1S/C24H22N2O3/c27-23-12-14-25-15-17(23)7-5-6-13-26-24(28)29-16-22-20-10-3-1-8-18(20)19-9-2-4-11-21(19)22/h1-5,7-12,14-15,22H,6,13,16H2,(H,25,27)(H,26,28). The van der Waals surface area contributed by atoms with Gasteiger partial charge in [-0.3, -0.25) is 4.79 Å². The Bertz CT molecular complexity index is 1060. The summed E-state index contributed by atoms with van der Waals surface area (Å²) in [5.74, 6) is 0.0536. The van der Waals surface area contributed by atoms with Crippen LogP contribution < -0.4 is 10.7 Å². The SMILES string of the molecule is O=C(NCCC=Cc1c[nH]ccc1=O)OCC1c2ccccc2-c2ccccc21. The van der Waals surface area contributed by atoms with Crippen molar-refractivity contribution >= 4 is 12.2 Å². The second kappa shape index (κ2) is 8.61. The number of rotatable bonds is 6. The number of fused-ring (bicyclic) bond motifs is 3. The Morgan fingerprint density at radius 1 is 1.03 bits per heavy atom. The highest BCUT2D eigenvalue weighted by Gasteiger charge is 2.28. The first-order valence-electron chi connectivity index (χ1n) is 9.66. The van der Waals surface area contributed by atoms with Crippen LogP contribution in [0.4, 0.5) is 4.79 Å². The molecular formula is C24H22N2O3. The van der Waals surface area contributed by atoms with Crippen molar-refractivity contribution in [2.45, 2.75) is 12.3 Å². The van der Waals surface area contributed by atoms with Crippen LogP contribution >= 0.6 is 0 Å². The number of H-pyrrole nitrogens is 1. The van der Waals surface area contributed by atoms with E-state index in [-0.39, 0.29) is 11.3 Å². The van der Waals surface area contributed by atoms with Crippen LogP contribution in [0.15, 0.2) is 77.9 Å². The zero-order chi connectivity index (χ0) is 20.1. The van der Waals surface area contributed by atoms with Crippen molar-refractivity contribution in [2.75, 3.05) is 13.2 Å². The number of carbonyl (C=O) groups excluding carboxylic acids is 1. The maximum absolute atomic E-state index is 12.1. The minimum atomic E-state index is -0.433. The largest absolute Gasteiger partial charge is 0.449 e. The van der Waals surface area contributed by atoms with Crippen molar-refractivity contribution in [3.8, 4) is 11.1 Å². The third kappa shape index (κ3) is 4.14. The molecule has 0 atom stereocenters. The number of pyridine rings is 1. The minimum absolute atomic E-state index is 0.0375. The average Bonchev–Trinajstić information content (AvgIpc) is 3.07. The summed E-state index contributed by atoms with van der Waals surface area (Å²) in [6.07, 6.45) is 7.03. The first-order valence-corrected chi connectivity index (χ1v) is 9.66. The van der Waals surface area contributed by atoms with Crippen LogP contribution in [-0.4, -0.2) is 24.2 Å². The Hall–Kier alpha value is -3.60. The molecule has 1 aliphatic carbocycles. The molecule has 29 heavy (non-hydrogen) atoms. The van der Waals surface area contributed by atoms with E-state index in [1.54, 1.807) is 18.5 Å². The van der Waals surface area contributed by atoms with Crippen LogP contribution in [0, 0.1) is 0 Å². The van der Waals surface area contributed by atoms with Gasteiger partial charge in [-0.1, -0.05) is 60.7 Å². The van der Waals surface area contributed by atoms with Crippen LogP contribution in [0.3, 0.4) is 0 Å². The molecule has 1 amide bonds. The van der Waals surface area contributed by atoms with E-state index < -0.39 is 6.09 Å². The van der Waals surface area contributed by atoms with Crippen LogP contribution in [-0.2, 0) is 4.74 Å². The molecule has 5 heteroatoms. The lowest BCUT2D eigenvalue weighted by Crippen LogP contribution is -2.26. The summed E-state index contributed by atoms with van der Waals surface area (Å²) in [7, 11) is 0. The van der Waals surface area contributed by atoms with Crippen molar-refractivity contribution in [2.24, 2.45) is 0 Å². The molecule has 146 valence electrons. The molecular weight excluding hydrogens is 364 g/mol. The van der Waals surface area contributed by atoms with Gasteiger partial charge in [0.2, 0.25) is 0 Å². The Morgan fingerprint density at radius 3 is 2.41 bits per heavy atom. The number of aromatic amines is 1. The number of nitrogens with one attached hydrogen (secondary N) is 2. The molecule has 5 nitrogen and oxygen atoms in total. The van der Waals surface area contributed by atoms with Gasteiger partial charge in [0, 0.05) is 36.5 Å². The van der Waals surface area contributed by atoms with Gasteiger partial charge in [0.05, 0.1) is 0 Å². The predicted molar refractivity (Wildman–Crippen MR) is 114 cm³/mol. The fourth-order valence-corrected chi connectivity index (χ4v) is 3.68. The van der Waals surface area contributed by atoms with Crippen molar-refractivity contribution in [3.63, 3.8) is 0 Å². The smallest absolute Gasteiger partial charge is 0.407 e. The molecule has 0 fully saturated rings. The fourth-order valence-electron chi connectivity index (χ4n) is 3.68. The molecule has 1 aliphatic rings. The number of alkyl carbamates (subject to hydrolysis) is 1. The molecule has 0 unspecified atom stereocenters. The van der Waals surface area contributed by atoms with Gasteiger partial charge in [0.25, 0.3) is 0 Å². The topological polar surface area (TPSA) is 71.2 Å². The number of hydrogen-bond donors (Lipinski definition) is 2. The summed E-state index contributed by atoms with van der Waals surface area (Å²) in [6, 6.07) is 18.0. The molecule has 3 aromatic rings. The highest BCUT2D eigenvalue weighted by atomic mass is 16.5. The zero-order valence-corrected chi connectivity index (χ0v) is 15.9. The van der Waals surface area contributed by atoms with Crippen LogP contribution in [0.5, 0.6) is 0 Å². The lowest BCUT2D eigenvalue weighted by Gasteiger charge is -2.14. The van der Waals surface area contributed by atoms with Crippen LogP contribution in [0.2, 0.25) is 0 Å². The molecule has 0 saturated heterocycles. The summed E-state index contributed by atoms with van der Waals surface area (Å²) in [4.78, 5) is 26.6. The molecule has 0 spiro atoms. The monoisotopic (exact) mass is 386 g/mol. The van der Waals surface area contributed by atoms with Crippen molar-refractivity contribution < 1.29 is 9.53 Å². The molecule has 0 radical (unpaired) electrons. The van der Waals surface area contributed by atoms with Crippen molar-refractivity contribution in [3.05, 3.63) is 100.0 Å². The fraction of sp³-hybridized carbons (Fsp3) is 0.167.